The Morgan fingerprint density at radius 1 is 1.22 bits per heavy atom. The van der Waals surface area contributed by atoms with Gasteiger partial charge in [0.25, 0.3) is 0 Å². The summed E-state index contributed by atoms with van der Waals surface area (Å²) in [7, 11) is 0. The van der Waals surface area contributed by atoms with Crippen LogP contribution in [-0.4, -0.2) is 43.4 Å². The van der Waals surface area contributed by atoms with Gasteiger partial charge in [0.05, 0.1) is 0 Å². The average molecular weight is 433 g/mol. The molecule has 1 unspecified atom stereocenters. The number of likely N-dealkylation sites (tertiary alicyclic amines) is 1. The van der Waals surface area contributed by atoms with Crippen LogP contribution < -0.4 is 5.32 Å². The van der Waals surface area contributed by atoms with E-state index in [1.54, 1.807) is 6.20 Å². The highest BCUT2D eigenvalue weighted by Crippen LogP contribution is 2.29. The number of carbonyl (C=O) groups excluding carboxylic acids is 1. The fraction of sp³-hybridized carbons (Fsp3) is 0.440. The summed E-state index contributed by atoms with van der Waals surface area (Å²) in [6.45, 7) is 8.38. The molecular formula is C25H32N6O. The van der Waals surface area contributed by atoms with E-state index in [4.69, 9.17) is 4.98 Å². The maximum Gasteiger partial charge on any atom is 0.224 e. The molecule has 1 N–H and O–H groups in total. The van der Waals surface area contributed by atoms with Crippen molar-refractivity contribution in [1.29, 1.82) is 0 Å². The molecule has 0 bridgehead atoms. The third-order valence-electron chi connectivity index (χ3n) is 6.12. The van der Waals surface area contributed by atoms with Crippen LogP contribution in [-0.2, 0) is 17.8 Å². The Balaban J connectivity index is 1.43. The Hall–Kier alpha value is -3.22. The molecule has 3 aromatic rings. The van der Waals surface area contributed by atoms with Crippen molar-refractivity contribution >= 4 is 17.4 Å². The third kappa shape index (κ3) is 5.15. The highest BCUT2D eigenvalue weighted by Gasteiger charge is 2.26. The number of rotatable bonds is 7. The summed E-state index contributed by atoms with van der Waals surface area (Å²) in [6, 6.07) is 8.13. The molecule has 4 rings (SSSR count). The van der Waals surface area contributed by atoms with Gasteiger partial charge in [0, 0.05) is 74.1 Å². The van der Waals surface area contributed by atoms with Crippen molar-refractivity contribution < 1.29 is 4.79 Å². The van der Waals surface area contributed by atoms with Gasteiger partial charge in [-0.2, -0.15) is 0 Å². The number of anilines is 2. The summed E-state index contributed by atoms with van der Waals surface area (Å²) < 4.78 is 2.08. The van der Waals surface area contributed by atoms with E-state index in [-0.39, 0.29) is 11.8 Å². The minimum absolute atomic E-state index is 0.209. The van der Waals surface area contributed by atoms with E-state index >= 15 is 0 Å². The van der Waals surface area contributed by atoms with Crippen molar-refractivity contribution in [3.05, 3.63) is 65.6 Å². The minimum Gasteiger partial charge on any atom is -0.342 e. The first-order valence-electron chi connectivity index (χ1n) is 11.5. The number of aryl methyl sites for hydroxylation is 4. The lowest BCUT2D eigenvalue weighted by atomic mass is 9.93. The van der Waals surface area contributed by atoms with Crippen molar-refractivity contribution in [2.75, 3.05) is 18.4 Å². The molecule has 32 heavy (non-hydrogen) atoms. The lowest BCUT2D eigenvalue weighted by molar-refractivity contribution is -0.132. The first kappa shape index (κ1) is 22.0. The molecule has 7 nitrogen and oxygen atoms in total. The number of carbonyl (C=O) groups is 1. The van der Waals surface area contributed by atoms with Crippen molar-refractivity contribution in [2.45, 2.75) is 58.9 Å². The number of nitrogens with zero attached hydrogens (tertiary/aromatic N) is 5. The van der Waals surface area contributed by atoms with Gasteiger partial charge in [0.1, 0.15) is 11.6 Å². The van der Waals surface area contributed by atoms with Crippen molar-refractivity contribution in [3.63, 3.8) is 0 Å². The van der Waals surface area contributed by atoms with Crippen molar-refractivity contribution in [2.24, 2.45) is 0 Å². The lowest BCUT2D eigenvalue weighted by Gasteiger charge is -2.33. The molecule has 0 aromatic carbocycles. The summed E-state index contributed by atoms with van der Waals surface area (Å²) in [5.41, 5.74) is 4.10. The van der Waals surface area contributed by atoms with E-state index in [0.29, 0.717) is 13.0 Å². The summed E-state index contributed by atoms with van der Waals surface area (Å²) in [5.74, 6) is 2.34. The first-order valence-corrected chi connectivity index (χ1v) is 11.5. The summed E-state index contributed by atoms with van der Waals surface area (Å²) in [4.78, 5) is 28.5. The predicted molar refractivity (Wildman–Crippen MR) is 126 cm³/mol. The van der Waals surface area contributed by atoms with Gasteiger partial charge in [-0.15, -0.1) is 0 Å². The number of pyridine rings is 2. The zero-order valence-corrected chi connectivity index (χ0v) is 19.2. The normalized spacial score (nSPS) is 16.2. The summed E-state index contributed by atoms with van der Waals surface area (Å²) in [5, 5.41) is 3.43. The van der Waals surface area contributed by atoms with Gasteiger partial charge < -0.3 is 14.8 Å². The molecule has 1 amide bonds. The zero-order valence-electron chi connectivity index (χ0n) is 19.2. The molecule has 3 aromatic heterocycles. The van der Waals surface area contributed by atoms with Crippen LogP contribution in [0.2, 0.25) is 0 Å². The second-order valence-electron chi connectivity index (χ2n) is 8.54. The smallest absolute Gasteiger partial charge is 0.224 e. The third-order valence-corrected chi connectivity index (χ3v) is 6.12. The molecule has 0 aliphatic carbocycles. The van der Waals surface area contributed by atoms with E-state index in [1.165, 1.54) is 0 Å². The minimum atomic E-state index is 0.209. The van der Waals surface area contributed by atoms with Crippen LogP contribution in [0.3, 0.4) is 0 Å². The molecular weight excluding hydrogens is 400 g/mol. The molecule has 168 valence electrons. The van der Waals surface area contributed by atoms with Crippen LogP contribution in [0, 0.1) is 13.8 Å². The number of aromatic nitrogens is 4. The van der Waals surface area contributed by atoms with Crippen LogP contribution >= 0.6 is 0 Å². The SMILES string of the molecule is CCc1nccn1CCC(=O)N1CCCC(c2cc(Nc3ncccc3C)cc(C)n2)C1. The Morgan fingerprint density at radius 2 is 2.09 bits per heavy atom. The van der Waals surface area contributed by atoms with E-state index in [0.717, 1.165) is 66.6 Å². The van der Waals surface area contributed by atoms with Crippen LogP contribution in [0.15, 0.2) is 42.9 Å². The second-order valence-corrected chi connectivity index (χ2v) is 8.54. The molecule has 7 heteroatoms. The first-order chi connectivity index (χ1) is 15.5. The molecule has 0 radical (unpaired) electrons. The quantitative estimate of drug-likeness (QED) is 0.599. The fourth-order valence-electron chi connectivity index (χ4n) is 4.41. The summed E-state index contributed by atoms with van der Waals surface area (Å²) in [6.07, 6.45) is 8.98. The largest absolute Gasteiger partial charge is 0.342 e. The molecule has 4 heterocycles. The lowest BCUT2D eigenvalue weighted by Crippen LogP contribution is -2.39. The maximum atomic E-state index is 12.9. The van der Waals surface area contributed by atoms with E-state index in [2.05, 4.69) is 32.8 Å². The number of hydrogen-bond donors (Lipinski definition) is 1. The molecule has 1 atom stereocenters. The van der Waals surface area contributed by atoms with E-state index < -0.39 is 0 Å². The Bertz CT molecular complexity index is 1080. The number of imidazole rings is 1. The highest BCUT2D eigenvalue weighted by atomic mass is 16.2. The molecule has 1 saturated heterocycles. The van der Waals surface area contributed by atoms with Gasteiger partial charge in [0.15, 0.2) is 0 Å². The number of nitrogens with one attached hydrogen (secondary N) is 1. The highest BCUT2D eigenvalue weighted by molar-refractivity contribution is 5.76. The van der Waals surface area contributed by atoms with Gasteiger partial charge in [-0.1, -0.05) is 13.0 Å². The molecule has 1 fully saturated rings. The van der Waals surface area contributed by atoms with Gasteiger partial charge >= 0.3 is 0 Å². The van der Waals surface area contributed by atoms with Gasteiger partial charge in [-0.05, 0) is 50.5 Å². The number of hydrogen-bond acceptors (Lipinski definition) is 5. The van der Waals surface area contributed by atoms with Crippen LogP contribution in [0.4, 0.5) is 11.5 Å². The van der Waals surface area contributed by atoms with Crippen molar-refractivity contribution in [1.82, 2.24) is 24.4 Å². The number of amides is 1. The van der Waals surface area contributed by atoms with E-state index in [9.17, 15) is 4.79 Å². The predicted octanol–water partition coefficient (Wildman–Crippen LogP) is 4.39. The summed E-state index contributed by atoms with van der Waals surface area (Å²) >= 11 is 0. The van der Waals surface area contributed by atoms with Gasteiger partial charge in [-0.3, -0.25) is 9.78 Å². The Kier molecular flexibility index (Phi) is 6.83. The van der Waals surface area contributed by atoms with Crippen LogP contribution in [0.1, 0.15) is 54.9 Å². The second kappa shape index (κ2) is 9.94. The van der Waals surface area contributed by atoms with E-state index in [1.807, 2.05) is 49.3 Å². The standard InChI is InChI=1S/C25H32N6O/c1-4-23-26-11-14-30(23)13-9-24(32)31-12-6-8-20(17-31)22-16-21(15-19(3)28-22)29-25-18(2)7-5-10-27-25/h5,7,10-11,14-16,20H,4,6,8-9,12-13,17H2,1-3H3,(H,27,28,29). The number of piperidine rings is 1. The molecule has 0 saturated carbocycles. The topological polar surface area (TPSA) is 75.9 Å². The van der Waals surface area contributed by atoms with Crippen molar-refractivity contribution in [3.8, 4) is 0 Å². The maximum absolute atomic E-state index is 12.9. The zero-order chi connectivity index (χ0) is 22.5. The monoisotopic (exact) mass is 432 g/mol. The van der Waals surface area contributed by atoms with Gasteiger partial charge in [0.2, 0.25) is 5.91 Å². The van der Waals surface area contributed by atoms with Crippen LogP contribution in [0.25, 0.3) is 0 Å². The van der Waals surface area contributed by atoms with Gasteiger partial charge in [-0.25, -0.2) is 9.97 Å². The molecule has 1 aliphatic rings. The van der Waals surface area contributed by atoms with Crippen LogP contribution in [0.5, 0.6) is 0 Å². The Morgan fingerprint density at radius 3 is 2.91 bits per heavy atom. The Labute approximate surface area is 189 Å². The molecule has 0 spiro atoms. The average Bonchev–Trinajstić information content (AvgIpc) is 3.26. The fourth-order valence-corrected chi connectivity index (χ4v) is 4.41. The molecule has 1 aliphatic heterocycles.